The van der Waals surface area contributed by atoms with Gasteiger partial charge in [-0.1, -0.05) is 6.92 Å². The van der Waals surface area contributed by atoms with Crippen LogP contribution in [-0.4, -0.2) is 46.0 Å². The Balaban J connectivity index is 2.01. The molecule has 0 aromatic carbocycles. The lowest BCUT2D eigenvalue weighted by Gasteiger charge is -2.33. The van der Waals surface area contributed by atoms with Crippen molar-refractivity contribution in [3.63, 3.8) is 0 Å². The van der Waals surface area contributed by atoms with E-state index >= 15 is 0 Å². The van der Waals surface area contributed by atoms with Crippen LogP contribution in [-0.2, 0) is 6.42 Å². The molecule has 0 bridgehead atoms. The van der Waals surface area contributed by atoms with Gasteiger partial charge in [0, 0.05) is 25.0 Å². The van der Waals surface area contributed by atoms with Crippen molar-refractivity contribution in [3.05, 3.63) is 17.5 Å². The van der Waals surface area contributed by atoms with Crippen molar-refractivity contribution in [2.45, 2.75) is 39.2 Å². The van der Waals surface area contributed by atoms with Gasteiger partial charge in [-0.05, 0) is 37.7 Å². The molecule has 0 saturated carbocycles. The summed E-state index contributed by atoms with van der Waals surface area (Å²) < 4.78 is 0. The van der Waals surface area contributed by atoms with Crippen LogP contribution in [0.15, 0.2) is 6.20 Å². The first-order valence-electron chi connectivity index (χ1n) is 7.02. The standard InChI is InChI=1S/C14H23N3O2/c1-3-12-10(2)8-15-14(16-12)17-6-4-11(5-7-17)13(19)9-18/h8,11,13,18-19H,3-7,9H2,1-2H3. The van der Waals surface area contributed by atoms with Crippen LogP contribution < -0.4 is 4.90 Å². The second-order valence-corrected chi connectivity index (χ2v) is 5.23. The summed E-state index contributed by atoms with van der Waals surface area (Å²) in [6.07, 6.45) is 3.96. The molecule has 1 aliphatic rings. The monoisotopic (exact) mass is 265 g/mol. The van der Waals surface area contributed by atoms with Crippen LogP contribution in [0.2, 0.25) is 0 Å². The van der Waals surface area contributed by atoms with Crippen LogP contribution in [0.5, 0.6) is 0 Å². The van der Waals surface area contributed by atoms with Crippen molar-refractivity contribution >= 4 is 5.95 Å². The van der Waals surface area contributed by atoms with E-state index in [9.17, 15) is 5.11 Å². The second-order valence-electron chi connectivity index (χ2n) is 5.23. The highest BCUT2D eigenvalue weighted by atomic mass is 16.3. The van der Waals surface area contributed by atoms with Crippen LogP contribution in [0, 0.1) is 12.8 Å². The molecule has 19 heavy (non-hydrogen) atoms. The van der Waals surface area contributed by atoms with Gasteiger partial charge in [-0.2, -0.15) is 0 Å². The van der Waals surface area contributed by atoms with Gasteiger partial charge in [0.2, 0.25) is 5.95 Å². The molecular weight excluding hydrogens is 242 g/mol. The molecule has 1 fully saturated rings. The van der Waals surface area contributed by atoms with Gasteiger partial charge in [-0.3, -0.25) is 0 Å². The summed E-state index contributed by atoms with van der Waals surface area (Å²) >= 11 is 0. The first-order valence-corrected chi connectivity index (χ1v) is 7.02. The van der Waals surface area contributed by atoms with Gasteiger partial charge in [0.15, 0.2) is 0 Å². The molecule has 0 amide bonds. The number of anilines is 1. The lowest BCUT2D eigenvalue weighted by Crippen LogP contribution is -2.39. The van der Waals surface area contributed by atoms with Crippen molar-refractivity contribution in [1.29, 1.82) is 0 Å². The van der Waals surface area contributed by atoms with E-state index in [-0.39, 0.29) is 12.5 Å². The zero-order valence-corrected chi connectivity index (χ0v) is 11.7. The normalized spacial score (nSPS) is 18.6. The molecule has 2 heterocycles. The van der Waals surface area contributed by atoms with Crippen molar-refractivity contribution in [2.75, 3.05) is 24.6 Å². The fraction of sp³-hybridized carbons (Fsp3) is 0.714. The molecule has 1 aliphatic heterocycles. The summed E-state index contributed by atoms with van der Waals surface area (Å²) in [7, 11) is 0. The molecule has 1 saturated heterocycles. The highest BCUT2D eigenvalue weighted by Gasteiger charge is 2.25. The highest BCUT2D eigenvalue weighted by Crippen LogP contribution is 2.23. The third kappa shape index (κ3) is 3.22. The van der Waals surface area contributed by atoms with Crippen LogP contribution in [0.3, 0.4) is 0 Å². The Morgan fingerprint density at radius 2 is 2.11 bits per heavy atom. The first-order chi connectivity index (χ1) is 9.15. The van der Waals surface area contributed by atoms with E-state index in [0.29, 0.717) is 0 Å². The molecule has 5 nitrogen and oxygen atoms in total. The zero-order valence-electron chi connectivity index (χ0n) is 11.7. The fourth-order valence-corrected chi connectivity index (χ4v) is 2.61. The Kier molecular flexibility index (Phi) is 4.71. The molecule has 1 aromatic rings. The van der Waals surface area contributed by atoms with Crippen LogP contribution >= 0.6 is 0 Å². The molecule has 1 unspecified atom stereocenters. The Hall–Kier alpha value is -1.20. The minimum absolute atomic E-state index is 0.147. The van der Waals surface area contributed by atoms with Crippen molar-refractivity contribution in [1.82, 2.24) is 9.97 Å². The number of piperidine rings is 1. The molecule has 0 spiro atoms. The number of hydrogen-bond acceptors (Lipinski definition) is 5. The van der Waals surface area contributed by atoms with Crippen LogP contribution in [0.25, 0.3) is 0 Å². The van der Waals surface area contributed by atoms with Gasteiger partial charge in [0.1, 0.15) is 0 Å². The molecule has 2 rings (SSSR count). The van der Waals surface area contributed by atoms with E-state index in [2.05, 4.69) is 21.8 Å². The Labute approximate surface area is 114 Å². The maximum absolute atomic E-state index is 9.66. The largest absolute Gasteiger partial charge is 0.394 e. The second kappa shape index (κ2) is 6.30. The smallest absolute Gasteiger partial charge is 0.225 e. The van der Waals surface area contributed by atoms with Gasteiger partial charge >= 0.3 is 0 Å². The molecule has 5 heteroatoms. The number of aliphatic hydroxyl groups excluding tert-OH is 2. The SMILES string of the molecule is CCc1nc(N2CCC(C(O)CO)CC2)ncc1C. The van der Waals surface area contributed by atoms with Gasteiger partial charge in [0.25, 0.3) is 0 Å². The number of aryl methyl sites for hydroxylation is 2. The van der Waals surface area contributed by atoms with Crippen molar-refractivity contribution in [3.8, 4) is 0 Å². The predicted molar refractivity (Wildman–Crippen MR) is 74.2 cm³/mol. The number of aliphatic hydroxyl groups is 2. The third-order valence-electron chi connectivity index (χ3n) is 3.95. The van der Waals surface area contributed by atoms with Gasteiger partial charge < -0.3 is 15.1 Å². The van der Waals surface area contributed by atoms with Crippen molar-refractivity contribution in [2.24, 2.45) is 5.92 Å². The zero-order chi connectivity index (χ0) is 13.8. The summed E-state index contributed by atoms with van der Waals surface area (Å²) in [5.41, 5.74) is 2.24. The summed E-state index contributed by atoms with van der Waals surface area (Å²) in [6, 6.07) is 0. The first kappa shape index (κ1) is 14.2. The van der Waals surface area contributed by atoms with E-state index in [1.54, 1.807) is 0 Å². The molecule has 1 aromatic heterocycles. The molecule has 106 valence electrons. The van der Waals surface area contributed by atoms with Gasteiger partial charge in [0.05, 0.1) is 12.7 Å². The van der Waals surface area contributed by atoms with Crippen LogP contribution in [0.4, 0.5) is 5.95 Å². The Morgan fingerprint density at radius 3 is 2.68 bits per heavy atom. The van der Waals surface area contributed by atoms with Gasteiger partial charge in [-0.25, -0.2) is 9.97 Å². The fourth-order valence-electron chi connectivity index (χ4n) is 2.61. The van der Waals surface area contributed by atoms with E-state index in [1.807, 2.05) is 13.1 Å². The van der Waals surface area contributed by atoms with Crippen LogP contribution in [0.1, 0.15) is 31.0 Å². The minimum Gasteiger partial charge on any atom is -0.394 e. The highest BCUT2D eigenvalue weighted by molar-refractivity contribution is 5.33. The topological polar surface area (TPSA) is 69.5 Å². The lowest BCUT2D eigenvalue weighted by atomic mass is 9.92. The summed E-state index contributed by atoms with van der Waals surface area (Å²) in [5, 5.41) is 18.6. The number of rotatable bonds is 4. The minimum atomic E-state index is -0.590. The lowest BCUT2D eigenvalue weighted by molar-refractivity contribution is 0.0375. The summed E-state index contributed by atoms with van der Waals surface area (Å²) in [5.74, 6) is 0.983. The van der Waals surface area contributed by atoms with E-state index in [1.165, 1.54) is 0 Å². The molecular formula is C14H23N3O2. The van der Waals surface area contributed by atoms with E-state index in [0.717, 1.165) is 49.6 Å². The maximum atomic E-state index is 9.66. The van der Waals surface area contributed by atoms with Gasteiger partial charge in [-0.15, -0.1) is 0 Å². The summed E-state index contributed by atoms with van der Waals surface area (Å²) in [6.45, 7) is 5.67. The quantitative estimate of drug-likeness (QED) is 0.847. The molecule has 0 aliphatic carbocycles. The maximum Gasteiger partial charge on any atom is 0.225 e. The average molecular weight is 265 g/mol. The molecule has 0 radical (unpaired) electrons. The Morgan fingerprint density at radius 1 is 1.42 bits per heavy atom. The number of aromatic nitrogens is 2. The van der Waals surface area contributed by atoms with E-state index < -0.39 is 6.10 Å². The Bertz CT molecular complexity index is 417. The average Bonchev–Trinajstić information content (AvgIpc) is 2.47. The molecule has 2 N–H and O–H groups in total. The number of nitrogens with zero attached hydrogens (tertiary/aromatic N) is 3. The third-order valence-corrected chi connectivity index (χ3v) is 3.95. The predicted octanol–water partition coefficient (Wildman–Crippen LogP) is 0.917. The number of hydrogen-bond donors (Lipinski definition) is 2. The van der Waals surface area contributed by atoms with Crippen molar-refractivity contribution < 1.29 is 10.2 Å². The van der Waals surface area contributed by atoms with E-state index in [4.69, 9.17) is 5.11 Å². The summed E-state index contributed by atoms with van der Waals surface area (Å²) in [4.78, 5) is 11.2. The molecule has 1 atom stereocenters.